The van der Waals surface area contributed by atoms with Crippen LogP contribution in [0.1, 0.15) is 57.5 Å². The van der Waals surface area contributed by atoms with E-state index in [-0.39, 0.29) is 17.5 Å². The monoisotopic (exact) mass is 407 g/mol. The first-order chi connectivity index (χ1) is 14.5. The molecule has 2 N–H and O–H groups in total. The normalized spacial score (nSPS) is 24.3. The Balaban J connectivity index is 1.28. The van der Waals surface area contributed by atoms with Gasteiger partial charge in [-0.25, -0.2) is 9.78 Å². The van der Waals surface area contributed by atoms with Crippen molar-refractivity contribution in [1.82, 2.24) is 10.3 Å². The van der Waals surface area contributed by atoms with Crippen molar-refractivity contribution >= 4 is 17.7 Å². The van der Waals surface area contributed by atoms with Gasteiger partial charge in [0, 0.05) is 41.9 Å². The fourth-order valence-corrected chi connectivity index (χ4v) is 5.25. The molecule has 5 rings (SSSR count). The van der Waals surface area contributed by atoms with Gasteiger partial charge in [0.05, 0.1) is 12.2 Å². The van der Waals surface area contributed by atoms with Gasteiger partial charge in [-0.2, -0.15) is 0 Å². The first-order valence-corrected chi connectivity index (χ1v) is 10.5. The van der Waals surface area contributed by atoms with E-state index in [1.54, 1.807) is 12.1 Å². The molecule has 4 heterocycles. The number of nitrogens with one attached hydrogen (secondary N) is 1. The zero-order chi connectivity index (χ0) is 20.8. The lowest BCUT2D eigenvalue weighted by molar-refractivity contribution is 0.0696. The predicted octanol–water partition coefficient (Wildman–Crippen LogP) is 2.95. The Kier molecular flexibility index (Phi) is 4.60. The molecule has 1 aromatic carbocycles. The largest absolute Gasteiger partial charge is 0.493 e. The highest BCUT2D eigenvalue weighted by Gasteiger charge is 2.42. The van der Waals surface area contributed by atoms with Gasteiger partial charge in [-0.05, 0) is 56.4 Å². The van der Waals surface area contributed by atoms with Crippen LogP contribution >= 0.6 is 0 Å². The highest BCUT2D eigenvalue weighted by atomic mass is 16.5. The third-order valence-electron chi connectivity index (χ3n) is 6.68. The molecule has 156 valence electrons. The van der Waals surface area contributed by atoms with E-state index < -0.39 is 5.97 Å². The van der Waals surface area contributed by atoms with E-state index in [4.69, 9.17) is 9.84 Å². The number of nitrogens with zero attached hydrogens (tertiary/aromatic N) is 2. The lowest BCUT2D eigenvalue weighted by Gasteiger charge is -2.40. The van der Waals surface area contributed by atoms with Crippen molar-refractivity contribution in [2.75, 3.05) is 11.5 Å². The van der Waals surface area contributed by atoms with Crippen LogP contribution in [0.25, 0.3) is 0 Å². The molecule has 0 aliphatic carbocycles. The molecule has 3 aliphatic heterocycles. The minimum atomic E-state index is -0.967. The summed E-state index contributed by atoms with van der Waals surface area (Å²) < 4.78 is 5.71. The van der Waals surface area contributed by atoms with Crippen LogP contribution in [0.2, 0.25) is 0 Å². The van der Waals surface area contributed by atoms with E-state index in [2.05, 4.69) is 15.2 Å². The van der Waals surface area contributed by atoms with Gasteiger partial charge < -0.3 is 20.1 Å². The summed E-state index contributed by atoms with van der Waals surface area (Å²) in [5.74, 6) is 0.690. The third-order valence-corrected chi connectivity index (χ3v) is 6.68. The first kappa shape index (κ1) is 18.9. The Morgan fingerprint density at radius 2 is 1.93 bits per heavy atom. The maximum absolute atomic E-state index is 13.0. The van der Waals surface area contributed by atoms with Crippen LogP contribution < -0.4 is 15.0 Å². The molecule has 1 aromatic heterocycles. The molecule has 7 nitrogen and oxygen atoms in total. The number of aromatic carboxylic acids is 1. The van der Waals surface area contributed by atoms with Gasteiger partial charge >= 0.3 is 5.97 Å². The van der Waals surface area contributed by atoms with Crippen LogP contribution in [0.3, 0.4) is 0 Å². The minimum absolute atomic E-state index is 0.0346. The van der Waals surface area contributed by atoms with Crippen LogP contribution in [0.5, 0.6) is 5.75 Å². The van der Waals surface area contributed by atoms with E-state index >= 15 is 0 Å². The number of carboxylic acid groups (broad SMARTS) is 1. The number of carboxylic acids is 1. The summed E-state index contributed by atoms with van der Waals surface area (Å²) in [7, 11) is 0. The fraction of sp³-hybridized carbons (Fsp3) is 0.435. The Labute approximate surface area is 175 Å². The van der Waals surface area contributed by atoms with Crippen molar-refractivity contribution in [3.63, 3.8) is 0 Å². The maximum atomic E-state index is 13.0. The quantitative estimate of drug-likeness (QED) is 0.810. The van der Waals surface area contributed by atoms with Crippen molar-refractivity contribution in [2.24, 2.45) is 0 Å². The number of aromatic nitrogens is 1. The van der Waals surface area contributed by atoms with Crippen LogP contribution in [0.4, 0.5) is 5.82 Å². The van der Waals surface area contributed by atoms with Gasteiger partial charge in [-0.1, -0.05) is 6.07 Å². The summed E-state index contributed by atoms with van der Waals surface area (Å²) in [6.07, 6.45) is 6.18. The number of fused-ring (bicyclic) bond motifs is 3. The number of hydrogen-bond donors (Lipinski definition) is 2. The average molecular weight is 407 g/mol. The Morgan fingerprint density at radius 3 is 2.60 bits per heavy atom. The second kappa shape index (κ2) is 7.31. The molecular formula is C23H25N3O4. The lowest BCUT2D eigenvalue weighted by atomic mass is 9.96. The number of carbonyl (C=O) groups excluding carboxylic acids is 1. The molecule has 1 amide bonds. The number of ether oxygens (including phenoxy) is 1. The number of rotatable bonds is 4. The Morgan fingerprint density at radius 1 is 1.17 bits per heavy atom. The molecule has 2 fully saturated rings. The number of hydrogen-bond acceptors (Lipinski definition) is 5. The van der Waals surface area contributed by atoms with Crippen LogP contribution in [0, 0.1) is 6.92 Å². The summed E-state index contributed by atoms with van der Waals surface area (Å²) in [4.78, 5) is 30.7. The lowest BCUT2D eigenvalue weighted by Crippen LogP contribution is -2.50. The van der Waals surface area contributed by atoms with Crippen molar-refractivity contribution in [2.45, 2.75) is 57.2 Å². The summed E-state index contributed by atoms with van der Waals surface area (Å²) in [6, 6.07) is 8.05. The third kappa shape index (κ3) is 3.18. The molecule has 0 spiro atoms. The summed E-state index contributed by atoms with van der Waals surface area (Å²) in [6.45, 7) is 2.64. The molecule has 7 heteroatoms. The highest BCUT2D eigenvalue weighted by Crippen LogP contribution is 2.39. The molecule has 2 aromatic rings. The first-order valence-electron chi connectivity index (χ1n) is 10.5. The fourth-order valence-electron chi connectivity index (χ4n) is 5.25. The number of piperidine rings is 1. The van der Waals surface area contributed by atoms with Crippen LogP contribution in [0.15, 0.2) is 30.5 Å². The number of amides is 1. The number of pyridine rings is 1. The van der Waals surface area contributed by atoms with Crippen molar-refractivity contribution in [3.05, 3.63) is 52.7 Å². The second-order valence-corrected chi connectivity index (χ2v) is 8.47. The van der Waals surface area contributed by atoms with Crippen molar-refractivity contribution in [3.8, 4) is 5.75 Å². The number of anilines is 1. The highest BCUT2D eigenvalue weighted by molar-refractivity contribution is 5.96. The van der Waals surface area contributed by atoms with Gasteiger partial charge in [0.2, 0.25) is 0 Å². The van der Waals surface area contributed by atoms with Gasteiger partial charge in [-0.3, -0.25) is 4.79 Å². The van der Waals surface area contributed by atoms with Gasteiger partial charge in [0.15, 0.2) is 0 Å². The maximum Gasteiger partial charge on any atom is 0.337 e. The summed E-state index contributed by atoms with van der Waals surface area (Å²) in [5.41, 5.74) is 2.99. The summed E-state index contributed by atoms with van der Waals surface area (Å²) in [5, 5.41) is 12.3. The Bertz CT molecular complexity index is 990. The zero-order valence-electron chi connectivity index (χ0n) is 16.9. The minimum Gasteiger partial charge on any atom is -0.493 e. The number of benzene rings is 1. The molecule has 2 saturated heterocycles. The van der Waals surface area contributed by atoms with Gasteiger partial charge in [0.25, 0.3) is 5.91 Å². The van der Waals surface area contributed by atoms with E-state index in [1.807, 2.05) is 19.1 Å². The van der Waals surface area contributed by atoms with Gasteiger partial charge in [-0.15, -0.1) is 0 Å². The molecule has 3 aliphatic rings. The molecule has 2 atom stereocenters. The number of carbonyl (C=O) groups is 2. The molecule has 30 heavy (non-hydrogen) atoms. The molecule has 2 unspecified atom stereocenters. The SMILES string of the molecule is Cc1c(C(=O)NC2CC3CCC(C2)N3c2ccc(C(=O)O)cn2)ccc2c1OCC2. The van der Waals surface area contributed by atoms with Crippen molar-refractivity contribution in [1.29, 1.82) is 0 Å². The van der Waals surface area contributed by atoms with Gasteiger partial charge in [0.1, 0.15) is 11.6 Å². The van der Waals surface area contributed by atoms with E-state index in [9.17, 15) is 9.59 Å². The standard InChI is InChI=1S/C23H25N3O4/c1-13-19(6-2-14-8-9-30-21(13)14)22(27)25-16-10-17-4-5-18(11-16)26(17)20-7-3-15(12-24-20)23(28)29/h2-3,6-7,12,16-18H,4-5,8-11H2,1H3,(H,25,27)(H,28,29). The van der Waals surface area contributed by atoms with Crippen molar-refractivity contribution < 1.29 is 19.4 Å². The average Bonchev–Trinajstić information content (AvgIpc) is 3.31. The van der Waals surface area contributed by atoms with E-state index in [0.29, 0.717) is 24.3 Å². The molecular weight excluding hydrogens is 382 g/mol. The van der Waals surface area contributed by atoms with E-state index in [1.165, 1.54) is 11.8 Å². The van der Waals surface area contributed by atoms with E-state index in [0.717, 1.165) is 49.2 Å². The summed E-state index contributed by atoms with van der Waals surface area (Å²) >= 11 is 0. The molecule has 2 bridgehead atoms. The smallest absolute Gasteiger partial charge is 0.337 e. The second-order valence-electron chi connectivity index (χ2n) is 8.47. The predicted molar refractivity (Wildman–Crippen MR) is 111 cm³/mol. The topological polar surface area (TPSA) is 91.8 Å². The van der Waals surface area contributed by atoms with Crippen LogP contribution in [-0.4, -0.2) is 46.7 Å². The van der Waals surface area contributed by atoms with Crippen LogP contribution in [-0.2, 0) is 6.42 Å². The molecule has 0 saturated carbocycles. The zero-order valence-corrected chi connectivity index (χ0v) is 16.9. The molecule has 0 radical (unpaired) electrons. The Hall–Kier alpha value is -3.09.